The summed E-state index contributed by atoms with van der Waals surface area (Å²) in [6, 6.07) is 13.8. The first-order chi connectivity index (χ1) is 11.7. The van der Waals surface area contributed by atoms with E-state index >= 15 is 0 Å². The number of aromatic nitrogens is 2. The molecule has 0 amide bonds. The van der Waals surface area contributed by atoms with E-state index in [1.807, 2.05) is 41.2 Å². The Hall–Kier alpha value is -3.08. The lowest BCUT2D eigenvalue weighted by Crippen LogP contribution is -1.98. The number of allylic oxidation sites excluding steroid dienone is 1. The highest BCUT2D eigenvalue weighted by Crippen LogP contribution is 2.25. The van der Waals surface area contributed by atoms with Gasteiger partial charge in [0.05, 0.1) is 25.4 Å². The van der Waals surface area contributed by atoms with Crippen LogP contribution in [0.5, 0.6) is 0 Å². The zero-order chi connectivity index (χ0) is 16.9. The summed E-state index contributed by atoms with van der Waals surface area (Å²) in [6.07, 6.45) is 5.11. The summed E-state index contributed by atoms with van der Waals surface area (Å²) in [6.45, 7) is 2.51. The van der Waals surface area contributed by atoms with Crippen LogP contribution in [0.15, 0.2) is 65.4 Å². The summed E-state index contributed by atoms with van der Waals surface area (Å²) >= 11 is 0. The number of esters is 1. The van der Waals surface area contributed by atoms with Crippen LogP contribution in [0, 0.1) is 0 Å². The fourth-order valence-electron chi connectivity index (χ4n) is 2.36. The molecule has 0 saturated heterocycles. The van der Waals surface area contributed by atoms with Gasteiger partial charge in [-0.15, -0.1) is 0 Å². The molecule has 24 heavy (non-hydrogen) atoms. The van der Waals surface area contributed by atoms with Gasteiger partial charge in [-0.05, 0) is 30.2 Å². The molecular formula is C19H18N2O3. The summed E-state index contributed by atoms with van der Waals surface area (Å²) in [5.74, 6) is 0.939. The highest BCUT2D eigenvalue weighted by molar-refractivity contribution is 5.90. The van der Waals surface area contributed by atoms with Crippen molar-refractivity contribution in [3.8, 4) is 11.3 Å². The number of rotatable bonds is 5. The minimum absolute atomic E-state index is 0.402. The minimum Gasteiger partial charge on any atom is -0.466 e. The minimum atomic E-state index is -0.402. The van der Waals surface area contributed by atoms with E-state index in [4.69, 9.17) is 4.42 Å². The van der Waals surface area contributed by atoms with Gasteiger partial charge in [0, 0.05) is 12.3 Å². The summed E-state index contributed by atoms with van der Waals surface area (Å²) in [5, 5.41) is 4.37. The van der Waals surface area contributed by atoms with Crippen molar-refractivity contribution in [2.75, 3.05) is 7.11 Å². The molecule has 3 rings (SSSR count). The van der Waals surface area contributed by atoms with Gasteiger partial charge in [-0.1, -0.05) is 30.3 Å². The zero-order valence-corrected chi connectivity index (χ0v) is 13.6. The summed E-state index contributed by atoms with van der Waals surface area (Å²) in [5.41, 5.74) is 2.79. The quantitative estimate of drug-likeness (QED) is 0.530. The molecule has 0 spiro atoms. The van der Waals surface area contributed by atoms with Gasteiger partial charge in [-0.3, -0.25) is 4.68 Å². The second kappa shape index (κ2) is 7.00. The molecule has 2 heterocycles. The fraction of sp³-hybridized carbons (Fsp3) is 0.158. The predicted molar refractivity (Wildman–Crippen MR) is 91.1 cm³/mol. The lowest BCUT2D eigenvalue weighted by atomic mass is 10.2. The van der Waals surface area contributed by atoms with Crippen molar-refractivity contribution in [1.82, 2.24) is 9.78 Å². The van der Waals surface area contributed by atoms with Crippen molar-refractivity contribution in [3.63, 3.8) is 0 Å². The van der Waals surface area contributed by atoms with Crippen LogP contribution in [0.3, 0.4) is 0 Å². The average molecular weight is 322 g/mol. The molecule has 5 heteroatoms. The van der Waals surface area contributed by atoms with Crippen LogP contribution >= 0.6 is 0 Å². The number of methoxy groups -OCH3 is 1. The maximum absolute atomic E-state index is 11.3. The van der Waals surface area contributed by atoms with Crippen LogP contribution in [-0.4, -0.2) is 22.9 Å². The van der Waals surface area contributed by atoms with Gasteiger partial charge in [0.25, 0.3) is 0 Å². The van der Waals surface area contributed by atoms with E-state index in [1.54, 1.807) is 13.1 Å². The molecule has 0 fully saturated rings. The molecule has 2 aromatic heterocycles. The molecule has 5 nitrogen and oxygen atoms in total. The number of hydrogen-bond acceptors (Lipinski definition) is 4. The molecule has 3 aromatic rings. The van der Waals surface area contributed by atoms with Gasteiger partial charge in [0.1, 0.15) is 11.5 Å². The molecule has 0 unspecified atom stereocenters. The lowest BCUT2D eigenvalue weighted by Gasteiger charge is -2.00. The van der Waals surface area contributed by atoms with Crippen molar-refractivity contribution in [3.05, 3.63) is 72.3 Å². The van der Waals surface area contributed by atoms with Gasteiger partial charge in [-0.2, -0.15) is 5.10 Å². The lowest BCUT2D eigenvalue weighted by molar-refractivity contribution is -0.134. The second-order valence-electron chi connectivity index (χ2n) is 5.43. The Morgan fingerprint density at radius 3 is 2.79 bits per heavy atom. The molecule has 0 atom stereocenters. The molecule has 1 aromatic carbocycles. The molecule has 0 aliphatic rings. The average Bonchev–Trinajstić information content (AvgIpc) is 3.24. The zero-order valence-electron chi connectivity index (χ0n) is 13.6. The Balaban J connectivity index is 1.76. The van der Waals surface area contributed by atoms with Crippen molar-refractivity contribution in [2.45, 2.75) is 13.5 Å². The Kier molecular flexibility index (Phi) is 4.61. The van der Waals surface area contributed by atoms with E-state index < -0.39 is 5.97 Å². The van der Waals surface area contributed by atoms with Gasteiger partial charge >= 0.3 is 5.97 Å². The molecule has 0 aliphatic carbocycles. The fourth-order valence-corrected chi connectivity index (χ4v) is 2.36. The summed E-state index contributed by atoms with van der Waals surface area (Å²) in [4.78, 5) is 11.3. The van der Waals surface area contributed by atoms with Gasteiger partial charge in [-0.25, -0.2) is 4.79 Å². The first kappa shape index (κ1) is 15.8. The van der Waals surface area contributed by atoms with E-state index in [2.05, 4.69) is 22.0 Å². The van der Waals surface area contributed by atoms with Crippen molar-refractivity contribution >= 4 is 11.5 Å². The Bertz CT molecular complexity index is 860. The van der Waals surface area contributed by atoms with Crippen LogP contribution < -0.4 is 0 Å². The Morgan fingerprint density at radius 2 is 2.04 bits per heavy atom. The first-order valence-electron chi connectivity index (χ1n) is 7.59. The van der Waals surface area contributed by atoms with Crippen LogP contribution in [-0.2, 0) is 16.1 Å². The summed E-state index contributed by atoms with van der Waals surface area (Å²) < 4.78 is 12.3. The van der Waals surface area contributed by atoms with Gasteiger partial charge in [0.2, 0.25) is 0 Å². The normalized spacial score (nSPS) is 11.5. The van der Waals surface area contributed by atoms with Crippen molar-refractivity contribution in [2.24, 2.45) is 0 Å². The topological polar surface area (TPSA) is 57.3 Å². The standard InChI is InChI=1S/C19H18N2O3/c1-14(10-19(22)23-2)17-8-9-18(24-17)16-11-20-21(13-16)12-15-6-4-3-5-7-15/h3-11,13H,12H2,1-2H3/b14-10+. The molecular weight excluding hydrogens is 304 g/mol. The number of carbonyl (C=O) groups is 1. The number of carbonyl (C=O) groups excluding carboxylic acids is 1. The molecule has 0 N–H and O–H groups in total. The van der Waals surface area contributed by atoms with Crippen molar-refractivity contribution in [1.29, 1.82) is 0 Å². The highest BCUT2D eigenvalue weighted by Gasteiger charge is 2.10. The van der Waals surface area contributed by atoms with Crippen LogP contribution in [0.25, 0.3) is 16.9 Å². The maximum Gasteiger partial charge on any atom is 0.330 e. The third kappa shape index (κ3) is 3.63. The Labute approximate surface area is 140 Å². The maximum atomic E-state index is 11.3. The second-order valence-corrected chi connectivity index (χ2v) is 5.43. The summed E-state index contributed by atoms with van der Waals surface area (Å²) in [7, 11) is 1.35. The third-order valence-electron chi connectivity index (χ3n) is 3.64. The third-order valence-corrected chi connectivity index (χ3v) is 3.64. The highest BCUT2D eigenvalue weighted by atomic mass is 16.5. The van der Waals surface area contributed by atoms with Crippen molar-refractivity contribution < 1.29 is 13.9 Å². The van der Waals surface area contributed by atoms with E-state index in [-0.39, 0.29) is 0 Å². The number of hydrogen-bond donors (Lipinski definition) is 0. The monoisotopic (exact) mass is 322 g/mol. The SMILES string of the molecule is COC(=O)/C=C(\C)c1ccc(-c2cnn(Cc3ccccc3)c2)o1. The van der Waals surface area contributed by atoms with Gasteiger partial charge in [0.15, 0.2) is 0 Å². The smallest absolute Gasteiger partial charge is 0.330 e. The number of nitrogens with zero attached hydrogens (tertiary/aromatic N) is 2. The molecule has 0 bridgehead atoms. The van der Waals surface area contributed by atoms with E-state index in [0.717, 1.165) is 5.56 Å². The first-order valence-corrected chi connectivity index (χ1v) is 7.59. The van der Waals surface area contributed by atoms with Crippen LogP contribution in [0.2, 0.25) is 0 Å². The molecule has 0 radical (unpaired) electrons. The number of ether oxygens (including phenoxy) is 1. The van der Waals surface area contributed by atoms with Crippen LogP contribution in [0.1, 0.15) is 18.2 Å². The van der Waals surface area contributed by atoms with Crippen LogP contribution in [0.4, 0.5) is 0 Å². The predicted octanol–water partition coefficient (Wildman–Crippen LogP) is 3.77. The van der Waals surface area contributed by atoms with Gasteiger partial charge < -0.3 is 9.15 Å². The molecule has 122 valence electrons. The van der Waals surface area contributed by atoms with E-state index in [9.17, 15) is 4.79 Å². The van der Waals surface area contributed by atoms with E-state index in [0.29, 0.717) is 23.6 Å². The number of benzene rings is 1. The largest absolute Gasteiger partial charge is 0.466 e. The van der Waals surface area contributed by atoms with E-state index in [1.165, 1.54) is 18.7 Å². The number of furan rings is 1. The molecule has 0 aliphatic heterocycles. The Morgan fingerprint density at radius 1 is 1.25 bits per heavy atom. The molecule has 0 saturated carbocycles.